The van der Waals surface area contributed by atoms with Crippen LogP contribution in [0, 0.1) is 0 Å². The van der Waals surface area contributed by atoms with Gasteiger partial charge in [-0.3, -0.25) is 9.59 Å². The molecule has 1 aromatic carbocycles. The van der Waals surface area contributed by atoms with Crippen molar-refractivity contribution in [3.63, 3.8) is 0 Å². The van der Waals surface area contributed by atoms with Crippen molar-refractivity contribution >= 4 is 17.6 Å². The van der Waals surface area contributed by atoms with E-state index in [1.54, 1.807) is 12.1 Å². The van der Waals surface area contributed by atoms with Gasteiger partial charge in [-0.15, -0.1) is 0 Å². The lowest BCUT2D eigenvalue weighted by Gasteiger charge is -2.25. The second-order valence-electron chi connectivity index (χ2n) is 4.87. The van der Waals surface area contributed by atoms with Gasteiger partial charge in [0.15, 0.2) is 0 Å². The maximum Gasteiger partial charge on any atom is 0.303 e. The number of carboxylic acid groups (broad SMARTS) is 1. The molecule has 5 heteroatoms. The molecule has 0 aromatic heterocycles. The van der Waals surface area contributed by atoms with Gasteiger partial charge in [0.2, 0.25) is 5.91 Å². The van der Waals surface area contributed by atoms with E-state index >= 15 is 0 Å². The molecule has 5 nitrogen and oxygen atoms in total. The number of carboxylic acids is 1. The van der Waals surface area contributed by atoms with Crippen LogP contribution in [0.15, 0.2) is 24.3 Å². The SMILES string of the molecule is CCC(N)(CC)C(=O)Nc1ccccc1CCC(=O)O. The third-order valence-corrected chi connectivity index (χ3v) is 3.59. The molecule has 0 bridgehead atoms. The summed E-state index contributed by atoms with van der Waals surface area (Å²) in [6, 6.07) is 7.20. The summed E-state index contributed by atoms with van der Waals surface area (Å²) in [5.74, 6) is -1.09. The van der Waals surface area contributed by atoms with Crippen molar-refractivity contribution in [2.24, 2.45) is 5.73 Å². The van der Waals surface area contributed by atoms with Crippen LogP contribution < -0.4 is 11.1 Å². The van der Waals surface area contributed by atoms with E-state index in [-0.39, 0.29) is 12.3 Å². The summed E-state index contributed by atoms with van der Waals surface area (Å²) in [7, 11) is 0. The summed E-state index contributed by atoms with van der Waals surface area (Å²) in [6.45, 7) is 3.75. The fraction of sp³-hybridized carbons (Fsp3) is 0.467. The Bertz CT molecular complexity index is 482. The zero-order valence-corrected chi connectivity index (χ0v) is 12.0. The molecule has 0 aliphatic heterocycles. The Morgan fingerprint density at radius 2 is 1.85 bits per heavy atom. The Morgan fingerprint density at radius 3 is 2.40 bits per heavy atom. The first kappa shape index (κ1) is 16.2. The van der Waals surface area contributed by atoms with Crippen molar-refractivity contribution < 1.29 is 14.7 Å². The number of nitrogens with one attached hydrogen (secondary N) is 1. The maximum absolute atomic E-state index is 12.2. The van der Waals surface area contributed by atoms with Crippen LogP contribution >= 0.6 is 0 Å². The predicted octanol–water partition coefficient (Wildman–Crippen LogP) is 2.16. The Hall–Kier alpha value is -1.88. The van der Waals surface area contributed by atoms with Gasteiger partial charge in [-0.05, 0) is 30.9 Å². The molecule has 0 saturated carbocycles. The average Bonchev–Trinajstić information content (AvgIpc) is 2.45. The van der Waals surface area contributed by atoms with Crippen molar-refractivity contribution in [1.82, 2.24) is 0 Å². The molecule has 0 heterocycles. The van der Waals surface area contributed by atoms with Crippen LogP contribution in [-0.2, 0) is 16.0 Å². The number of para-hydroxylation sites is 1. The molecule has 4 N–H and O–H groups in total. The number of hydrogen-bond donors (Lipinski definition) is 3. The van der Waals surface area contributed by atoms with E-state index in [0.29, 0.717) is 24.9 Å². The van der Waals surface area contributed by atoms with E-state index in [9.17, 15) is 9.59 Å². The molecule has 1 rings (SSSR count). The van der Waals surface area contributed by atoms with Crippen molar-refractivity contribution in [3.05, 3.63) is 29.8 Å². The van der Waals surface area contributed by atoms with Crippen LogP contribution in [0.5, 0.6) is 0 Å². The fourth-order valence-electron chi connectivity index (χ4n) is 1.92. The normalized spacial score (nSPS) is 11.2. The molecule has 110 valence electrons. The minimum Gasteiger partial charge on any atom is -0.481 e. The zero-order valence-electron chi connectivity index (χ0n) is 12.0. The van der Waals surface area contributed by atoms with Crippen LogP contribution in [0.25, 0.3) is 0 Å². The zero-order chi connectivity index (χ0) is 15.2. The van der Waals surface area contributed by atoms with Crippen molar-refractivity contribution in [2.45, 2.75) is 45.1 Å². The molecule has 0 spiro atoms. The summed E-state index contributed by atoms with van der Waals surface area (Å²) in [6.07, 6.45) is 1.50. The number of anilines is 1. The second kappa shape index (κ2) is 7.05. The quantitative estimate of drug-likeness (QED) is 0.712. The highest BCUT2D eigenvalue weighted by atomic mass is 16.4. The van der Waals surface area contributed by atoms with Crippen LogP contribution in [0.3, 0.4) is 0 Å². The number of aryl methyl sites for hydroxylation is 1. The number of rotatable bonds is 7. The first-order valence-corrected chi connectivity index (χ1v) is 6.83. The molecule has 1 aromatic rings. The minimum atomic E-state index is -0.889. The van der Waals surface area contributed by atoms with E-state index in [4.69, 9.17) is 10.8 Å². The number of nitrogens with two attached hydrogens (primary N) is 1. The molecule has 0 aliphatic rings. The van der Waals surface area contributed by atoms with Crippen LogP contribution in [-0.4, -0.2) is 22.5 Å². The molecular weight excluding hydrogens is 256 g/mol. The number of aliphatic carboxylic acids is 1. The molecule has 0 aliphatic carbocycles. The Balaban J connectivity index is 2.87. The molecule has 0 saturated heterocycles. The molecule has 20 heavy (non-hydrogen) atoms. The van der Waals surface area contributed by atoms with Gasteiger partial charge in [0, 0.05) is 12.1 Å². The molecule has 1 amide bonds. The van der Waals surface area contributed by atoms with Gasteiger partial charge in [0.05, 0.1) is 5.54 Å². The lowest BCUT2D eigenvalue weighted by Crippen LogP contribution is -2.50. The van der Waals surface area contributed by atoms with Gasteiger partial charge in [-0.25, -0.2) is 0 Å². The lowest BCUT2D eigenvalue weighted by atomic mass is 9.93. The monoisotopic (exact) mass is 278 g/mol. The highest BCUT2D eigenvalue weighted by Crippen LogP contribution is 2.20. The number of carbonyl (C=O) groups is 2. The highest BCUT2D eigenvalue weighted by Gasteiger charge is 2.30. The van der Waals surface area contributed by atoms with Gasteiger partial charge in [-0.2, -0.15) is 0 Å². The molecule has 0 unspecified atom stereocenters. The molecular formula is C15H22N2O3. The Morgan fingerprint density at radius 1 is 1.25 bits per heavy atom. The van der Waals surface area contributed by atoms with Crippen molar-refractivity contribution in [1.29, 1.82) is 0 Å². The number of hydrogen-bond acceptors (Lipinski definition) is 3. The Kier molecular flexibility index (Phi) is 5.70. The van der Waals surface area contributed by atoms with E-state index in [2.05, 4.69) is 5.32 Å². The Labute approximate surface area is 119 Å². The fourth-order valence-corrected chi connectivity index (χ4v) is 1.92. The molecule has 0 radical (unpaired) electrons. The predicted molar refractivity (Wildman–Crippen MR) is 78.5 cm³/mol. The smallest absolute Gasteiger partial charge is 0.303 e. The number of benzene rings is 1. The maximum atomic E-state index is 12.2. The highest BCUT2D eigenvalue weighted by molar-refractivity contribution is 5.98. The third kappa shape index (κ3) is 4.06. The van der Waals surface area contributed by atoms with Gasteiger partial charge >= 0.3 is 5.97 Å². The standard InChI is InChI=1S/C15H22N2O3/c1-3-15(16,4-2)14(20)17-12-8-6-5-7-11(12)9-10-13(18)19/h5-8H,3-4,9-10,16H2,1-2H3,(H,17,20)(H,18,19). The first-order valence-electron chi connectivity index (χ1n) is 6.83. The summed E-state index contributed by atoms with van der Waals surface area (Å²) in [5, 5.41) is 11.6. The molecule has 0 atom stereocenters. The van der Waals surface area contributed by atoms with Crippen LogP contribution in [0.1, 0.15) is 38.7 Å². The van der Waals surface area contributed by atoms with Crippen molar-refractivity contribution in [2.75, 3.05) is 5.32 Å². The van der Waals surface area contributed by atoms with Gasteiger partial charge in [0.25, 0.3) is 0 Å². The largest absolute Gasteiger partial charge is 0.481 e. The lowest BCUT2D eigenvalue weighted by molar-refractivity contribution is -0.137. The number of amides is 1. The van der Waals surface area contributed by atoms with Gasteiger partial charge in [0.1, 0.15) is 0 Å². The summed E-state index contributed by atoms with van der Waals surface area (Å²) < 4.78 is 0. The third-order valence-electron chi connectivity index (χ3n) is 3.59. The average molecular weight is 278 g/mol. The van der Waals surface area contributed by atoms with E-state index in [0.717, 1.165) is 5.56 Å². The summed E-state index contributed by atoms with van der Waals surface area (Å²) in [5.41, 5.74) is 6.60. The summed E-state index contributed by atoms with van der Waals surface area (Å²) in [4.78, 5) is 22.9. The minimum absolute atomic E-state index is 0.0300. The second-order valence-corrected chi connectivity index (χ2v) is 4.87. The van der Waals surface area contributed by atoms with E-state index in [1.165, 1.54) is 0 Å². The van der Waals surface area contributed by atoms with E-state index in [1.807, 2.05) is 26.0 Å². The van der Waals surface area contributed by atoms with Gasteiger partial charge < -0.3 is 16.2 Å². The summed E-state index contributed by atoms with van der Waals surface area (Å²) >= 11 is 0. The topological polar surface area (TPSA) is 92.4 Å². The van der Waals surface area contributed by atoms with Crippen molar-refractivity contribution in [3.8, 4) is 0 Å². The molecule has 0 fully saturated rings. The first-order chi connectivity index (χ1) is 9.42. The van der Waals surface area contributed by atoms with Crippen LogP contribution in [0.4, 0.5) is 5.69 Å². The van der Waals surface area contributed by atoms with Crippen LogP contribution in [0.2, 0.25) is 0 Å². The van der Waals surface area contributed by atoms with Gasteiger partial charge in [-0.1, -0.05) is 32.0 Å². The number of carbonyl (C=O) groups excluding carboxylic acids is 1. The van der Waals surface area contributed by atoms with E-state index < -0.39 is 11.5 Å².